The zero-order valence-corrected chi connectivity index (χ0v) is 14.6. The van der Waals surface area contributed by atoms with Crippen molar-refractivity contribution in [1.82, 2.24) is 9.97 Å². The van der Waals surface area contributed by atoms with E-state index in [2.05, 4.69) is 20.6 Å². The van der Waals surface area contributed by atoms with E-state index in [-0.39, 0.29) is 11.6 Å². The Morgan fingerprint density at radius 2 is 1.69 bits per heavy atom. The molecule has 0 bridgehead atoms. The molecule has 2 aromatic carbocycles. The third-order valence-corrected chi connectivity index (χ3v) is 3.71. The van der Waals surface area contributed by atoms with Crippen molar-refractivity contribution in [2.45, 2.75) is 6.92 Å². The van der Waals surface area contributed by atoms with Crippen LogP contribution >= 0.6 is 11.6 Å². The average molecular weight is 364 g/mol. The van der Waals surface area contributed by atoms with Gasteiger partial charge in [0.1, 0.15) is 5.69 Å². The Kier molecular flexibility index (Phi) is 5.11. The molecule has 6 nitrogen and oxygen atoms in total. The van der Waals surface area contributed by atoms with Gasteiger partial charge in [0.25, 0.3) is 5.91 Å². The molecule has 0 saturated heterocycles. The number of hydrogen-bond donors (Lipinski definition) is 2. The number of nitrogens with one attached hydrogen (secondary N) is 2. The van der Waals surface area contributed by atoms with Crippen LogP contribution in [0.2, 0.25) is 5.02 Å². The first-order chi connectivity index (χ1) is 12.5. The van der Waals surface area contributed by atoms with Crippen molar-refractivity contribution < 1.29 is 4.79 Å². The van der Waals surface area contributed by atoms with Crippen molar-refractivity contribution in [2.24, 2.45) is 0 Å². The van der Waals surface area contributed by atoms with Gasteiger partial charge in [-0.2, -0.15) is 5.26 Å². The van der Waals surface area contributed by atoms with E-state index in [1.165, 1.54) is 0 Å². The second-order valence-electron chi connectivity index (χ2n) is 5.49. The number of carbonyl (C=O) groups excluding carboxylic acids is 1. The molecule has 0 atom stereocenters. The highest BCUT2D eigenvalue weighted by molar-refractivity contribution is 6.30. The highest BCUT2D eigenvalue weighted by Crippen LogP contribution is 2.18. The van der Waals surface area contributed by atoms with Crippen molar-refractivity contribution in [2.75, 3.05) is 10.6 Å². The number of carbonyl (C=O) groups is 1. The molecule has 3 aromatic rings. The summed E-state index contributed by atoms with van der Waals surface area (Å²) in [5.74, 6) is -0.0448. The number of rotatable bonds is 4. The molecule has 2 N–H and O–H groups in total. The Labute approximate surface area is 155 Å². The number of aryl methyl sites for hydroxylation is 1. The molecular formula is C19H14ClN5O. The van der Waals surface area contributed by atoms with E-state index in [4.69, 9.17) is 16.9 Å². The minimum absolute atomic E-state index is 0.235. The number of benzene rings is 2. The van der Waals surface area contributed by atoms with Crippen LogP contribution in [-0.2, 0) is 0 Å². The first-order valence-corrected chi connectivity index (χ1v) is 8.11. The van der Waals surface area contributed by atoms with E-state index in [1.54, 1.807) is 61.5 Å². The van der Waals surface area contributed by atoms with Gasteiger partial charge in [0.2, 0.25) is 5.95 Å². The van der Waals surface area contributed by atoms with Gasteiger partial charge in [-0.15, -0.1) is 0 Å². The third-order valence-electron chi connectivity index (χ3n) is 3.46. The molecule has 0 aliphatic rings. The van der Waals surface area contributed by atoms with E-state index in [9.17, 15) is 4.79 Å². The minimum Gasteiger partial charge on any atom is -0.324 e. The summed E-state index contributed by atoms with van der Waals surface area (Å²) in [7, 11) is 0. The maximum absolute atomic E-state index is 12.5. The van der Waals surface area contributed by atoms with Crippen LogP contribution in [-0.4, -0.2) is 15.9 Å². The van der Waals surface area contributed by atoms with Crippen molar-refractivity contribution in [1.29, 1.82) is 5.26 Å². The molecule has 1 aromatic heterocycles. The van der Waals surface area contributed by atoms with Crippen molar-refractivity contribution >= 4 is 34.8 Å². The quantitative estimate of drug-likeness (QED) is 0.720. The van der Waals surface area contributed by atoms with Crippen molar-refractivity contribution in [3.63, 3.8) is 0 Å². The predicted molar refractivity (Wildman–Crippen MR) is 101 cm³/mol. The van der Waals surface area contributed by atoms with Gasteiger partial charge in [-0.05, 0) is 61.5 Å². The Morgan fingerprint density at radius 1 is 1.04 bits per heavy atom. The SMILES string of the molecule is Cc1cc(C(=O)Nc2ccc(C#N)cc2)nc(Nc2ccc(Cl)cc2)n1. The van der Waals surface area contributed by atoms with Gasteiger partial charge in [-0.25, -0.2) is 9.97 Å². The number of anilines is 3. The molecule has 7 heteroatoms. The van der Waals surface area contributed by atoms with Crippen LogP contribution in [0.15, 0.2) is 54.6 Å². The predicted octanol–water partition coefficient (Wildman–Crippen LogP) is 4.31. The first kappa shape index (κ1) is 17.4. The van der Waals surface area contributed by atoms with Crippen LogP contribution < -0.4 is 10.6 Å². The summed E-state index contributed by atoms with van der Waals surface area (Å²) in [6.45, 7) is 1.78. The number of nitrogens with zero attached hydrogens (tertiary/aromatic N) is 3. The van der Waals surface area contributed by atoms with Gasteiger partial charge < -0.3 is 10.6 Å². The van der Waals surface area contributed by atoms with E-state index in [1.807, 2.05) is 6.07 Å². The van der Waals surface area contributed by atoms with Gasteiger partial charge >= 0.3 is 0 Å². The Hall–Kier alpha value is -3.43. The lowest BCUT2D eigenvalue weighted by Gasteiger charge is -2.09. The maximum Gasteiger partial charge on any atom is 0.274 e. The molecule has 0 aliphatic carbocycles. The topological polar surface area (TPSA) is 90.7 Å². The normalized spacial score (nSPS) is 10.0. The fraction of sp³-hybridized carbons (Fsp3) is 0.0526. The smallest absolute Gasteiger partial charge is 0.274 e. The van der Waals surface area contributed by atoms with Crippen molar-refractivity contribution in [3.8, 4) is 6.07 Å². The zero-order chi connectivity index (χ0) is 18.5. The second kappa shape index (κ2) is 7.64. The third kappa shape index (κ3) is 4.35. The highest BCUT2D eigenvalue weighted by Gasteiger charge is 2.11. The second-order valence-corrected chi connectivity index (χ2v) is 5.93. The molecule has 0 unspecified atom stereocenters. The van der Waals surface area contributed by atoms with Gasteiger partial charge in [0, 0.05) is 22.1 Å². The highest BCUT2D eigenvalue weighted by atomic mass is 35.5. The van der Waals surface area contributed by atoms with Gasteiger partial charge in [0.05, 0.1) is 11.6 Å². The van der Waals surface area contributed by atoms with E-state index in [0.29, 0.717) is 27.9 Å². The molecule has 1 amide bonds. The Morgan fingerprint density at radius 3 is 2.35 bits per heavy atom. The summed E-state index contributed by atoms with van der Waals surface area (Å²) >= 11 is 5.87. The number of hydrogen-bond acceptors (Lipinski definition) is 5. The standard InChI is InChI=1S/C19H14ClN5O/c1-12-10-17(18(26)23-15-6-2-13(11-21)3-7-15)25-19(22-12)24-16-8-4-14(20)5-9-16/h2-10H,1H3,(H,23,26)(H,22,24,25). The molecule has 0 radical (unpaired) electrons. The molecule has 0 fully saturated rings. The molecule has 0 aliphatic heterocycles. The lowest BCUT2D eigenvalue weighted by molar-refractivity contribution is 0.102. The van der Waals surface area contributed by atoms with Crippen molar-refractivity contribution in [3.05, 3.63) is 76.6 Å². The lowest BCUT2D eigenvalue weighted by atomic mass is 10.2. The summed E-state index contributed by atoms with van der Waals surface area (Å²) in [5, 5.41) is 15.2. The molecule has 1 heterocycles. The molecule has 26 heavy (non-hydrogen) atoms. The molecular weight excluding hydrogens is 350 g/mol. The fourth-order valence-electron chi connectivity index (χ4n) is 2.23. The molecule has 3 rings (SSSR count). The van der Waals surface area contributed by atoms with Crippen LogP contribution in [0.25, 0.3) is 0 Å². The first-order valence-electron chi connectivity index (χ1n) is 7.73. The molecule has 0 saturated carbocycles. The summed E-state index contributed by atoms with van der Waals surface area (Å²) in [6, 6.07) is 17.3. The van der Waals surface area contributed by atoms with Crippen LogP contribution in [0.1, 0.15) is 21.7 Å². The lowest BCUT2D eigenvalue weighted by Crippen LogP contribution is -2.15. The van der Waals surface area contributed by atoms with Crippen LogP contribution in [0.5, 0.6) is 0 Å². The molecule has 0 spiro atoms. The summed E-state index contributed by atoms with van der Waals surface area (Å²) in [5.41, 5.74) is 2.76. The number of amides is 1. The Bertz CT molecular complexity index is 978. The van der Waals surface area contributed by atoms with Crippen LogP contribution in [0.4, 0.5) is 17.3 Å². The summed E-state index contributed by atoms with van der Waals surface area (Å²) in [4.78, 5) is 21.0. The van der Waals surface area contributed by atoms with E-state index in [0.717, 1.165) is 5.69 Å². The van der Waals surface area contributed by atoms with E-state index < -0.39 is 0 Å². The van der Waals surface area contributed by atoms with Gasteiger partial charge in [-0.3, -0.25) is 4.79 Å². The van der Waals surface area contributed by atoms with Gasteiger partial charge in [-0.1, -0.05) is 11.6 Å². The van der Waals surface area contributed by atoms with E-state index >= 15 is 0 Å². The monoisotopic (exact) mass is 363 g/mol. The minimum atomic E-state index is -0.362. The average Bonchev–Trinajstić information content (AvgIpc) is 2.64. The fourth-order valence-corrected chi connectivity index (χ4v) is 2.35. The molecule has 128 valence electrons. The largest absolute Gasteiger partial charge is 0.324 e. The number of aromatic nitrogens is 2. The number of halogens is 1. The van der Waals surface area contributed by atoms with Crippen LogP contribution in [0.3, 0.4) is 0 Å². The van der Waals surface area contributed by atoms with Crippen LogP contribution in [0, 0.1) is 18.3 Å². The van der Waals surface area contributed by atoms with Gasteiger partial charge in [0.15, 0.2) is 0 Å². The number of nitriles is 1. The maximum atomic E-state index is 12.5. The zero-order valence-electron chi connectivity index (χ0n) is 13.8. The summed E-state index contributed by atoms with van der Waals surface area (Å²) in [6.07, 6.45) is 0. The Balaban J connectivity index is 1.78. The summed E-state index contributed by atoms with van der Waals surface area (Å²) < 4.78 is 0.